The lowest BCUT2D eigenvalue weighted by Crippen LogP contribution is -2.38. The van der Waals surface area contributed by atoms with Crippen molar-refractivity contribution in [2.75, 3.05) is 48.4 Å². The predicted molar refractivity (Wildman–Crippen MR) is 124 cm³/mol. The van der Waals surface area contributed by atoms with Gasteiger partial charge in [0.25, 0.3) is 0 Å². The number of para-hydroxylation sites is 1. The fourth-order valence-electron chi connectivity index (χ4n) is 3.52. The van der Waals surface area contributed by atoms with Crippen LogP contribution >= 0.6 is 11.8 Å². The molecule has 1 aliphatic heterocycles. The number of amides is 1. The molecule has 0 saturated carbocycles. The van der Waals surface area contributed by atoms with Gasteiger partial charge in [-0.15, -0.1) is 10.2 Å². The number of hydrogen-bond donors (Lipinski definition) is 0. The van der Waals surface area contributed by atoms with Gasteiger partial charge in [-0.25, -0.2) is 0 Å². The first-order valence-corrected chi connectivity index (χ1v) is 11.4. The third-order valence-corrected chi connectivity index (χ3v) is 6.01. The maximum atomic E-state index is 13.0. The van der Waals surface area contributed by atoms with Crippen LogP contribution in [0.2, 0.25) is 0 Å². The smallest absolute Gasteiger partial charge is 0.238 e. The highest BCUT2D eigenvalue weighted by molar-refractivity contribution is 7.99. The molecule has 9 heteroatoms. The normalized spacial score (nSPS) is 13.6. The Hall–Kier alpha value is -3.35. The van der Waals surface area contributed by atoms with Crippen molar-refractivity contribution in [1.82, 2.24) is 14.8 Å². The Morgan fingerprint density at radius 3 is 2.66 bits per heavy atom. The second-order valence-corrected chi connectivity index (χ2v) is 8.26. The Morgan fingerprint density at radius 1 is 1.16 bits per heavy atom. The van der Waals surface area contributed by atoms with E-state index in [0.717, 1.165) is 30.3 Å². The number of ether oxygens (including phenoxy) is 1. The monoisotopic (exact) mass is 448 g/mol. The summed E-state index contributed by atoms with van der Waals surface area (Å²) in [6.45, 7) is 4.78. The molecule has 0 unspecified atom stereocenters. The molecule has 0 N–H and O–H groups in total. The number of nitrogens with zero attached hydrogens (tertiary/aromatic N) is 6. The number of nitriles is 1. The number of morpholine rings is 1. The van der Waals surface area contributed by atoms with Crippen LogP contribution in [0.15, 0.2) is 59.8 Å². The minimum atomic E-state index is -0.158. The molecule has 2 aromatic carbocycles. The lowest BCUT2D eigenvalue weighted by atomic mass is 10.2. The topological polar surface area (TPSA) is 87.3 Å². The van der Waals surface area contributed by atoms with Gasteiger partial charge in [0.1, 0.15) is 6.54 Å². The highest BCUT2D eigenvalue weighted by Crippen LogP contribution is 2.28. The molecule has 0 bridgehead atoms. The van der Waals surface area contributed by atoms with Crippen molar-refractivity contribution < 1.29 is 9.53 Å². The molecule has 1 saturated heterocycles. The summed E-state index contributed by atoms with van der Waals surface area (Å²) in [5, 5.41) is 18.7. The number of carbonyl (C=O) groups is 1. The van der Waals surface area contributed by atoms with Gasteiger partial charge in [-0.2, -0.15) is 5.26 Å². The molecule has 0 spiro atoms. The van der Waals surface area contributed by atoms with Crippen molar-refractivity contribution in [1.29, 1.82) is 5.26 Å². The SMILES string of the molecule is Cc1cccc(-n2c(SCC(=O)N(CC#N)c3ccccc3)nnc2N2CCOCC2)c1. The van der Waals surface area contributed by atoms with Crippen molar-refractivity contribution in [3.63, 3.8) is 0 Å². The molecule has 1 amide bonds. The van der Waals surface area contributed by atoms with Crippen LogP contribution in [0.5, 0.6) is 0 Å². The van der Waals surface area contributed by atoms with E-state index in [4.69, 9.17) is 4.74 Å². The molecule has 2 heterocycles. The fourth-order valence-corrected chi connectivity index (χ4v) is 4.35. The van der Waals surface area contributed by atoms with Crippen molar-refractivity contribution in [3.05, 3.63) is 60.2 Å². The van der Waals surface area contributed by atoms with Gasteiger partial charge in [-0.1, -0.05) is 42.1 Å². The van der Waals surface area contributed by atoms with E-state index in [-0.39, 0.29) is 18.2 Å². The van der Waals surface area contributed by atoms with Crippen molar-refractivity contribution >= 4 is 29.3 Å². The van der Waals surface area contributed by atoms with E-state index in [0.29, 0.717) is 24.1 Å². The van der Waals surface area contributed by atoms with Gasteiger partial charge in [0.2, 0.25) is 11.9 Å². The van der Waals surface area contributed by atoms with Crippen LogP contribution in [-0.2, 0) is 9.53 Å². The summed E-state index contributed by atoms with van der Waals surface area (Å²) >= 11 is 1.32. The first-order chi connectivity index (χ1) is 15.7. The number of carbonyl (C=O) groups excluding carboxylic acids is 1. The van der Waals surface area contributed by atoms with Crippen molar-refractivity contribution in [3.8, 4) is 11.8 Å². The summed E-state index contributed by atoms with van der Waals surface area (Å²) in [7, 11) is 0. The Kier molecular flexibility index (Phi) is 7.04. The molecule has 4 rings (SSSR count). The standard InChI is InChI=1S/C23H24N6O2S/c1-18-6-5-9-20(16-18)29-22(27-12-14-31-15-13-27)25-26-23(29)32-17-21(30)28(11-10-24)19-7-3-2-4-8-19/h2-9,16H,11-15,17H2,1H3. The number of benzene rings is 2. The third-order valence-electron chi connectivity index (χ3n) is 5.09. The molecular weight excluding hydrogens is 424 g/mol. The molecular formula is C23H24N6O2S. The summed E-state index contributed by atoms with van der Waals surface area (Å²) < 4.78 is 7.48. The highest BCUT2D eigenvalue weighted by Gasteiger charge is 2.23. The fraction of sp³-hybridized carbons (Fsp3) is 0.304. The number of rotatable bonds is 7. The number of anilines is 2. The van der Waals surface area contributed by atoms with Crippen LogP contribution in [-0.4, -0.2) is 59.3 Å². The average molecular weight is 449 g/mol. The van der Waals surface area contributed by atoms with Crippen LogP contribution in [0, 0.1) is 18.3 Å². The van der Waals surface area contributed by atoms with E-state index in [1.54, 1.807) is 0 Å². The van der Waals surface area contributed by atoms with E-state index in [1.165, 1.54) is 16.7 Å². The lowest BCUT2D eigenvalue weighted by Gasteiger charge is -2.28. The predicted octanol–water partition coefficient (Wildman–Crippen LogP) is 3.06. The largest absolute Gasteiger partial charge is 0.378 e. The molecule has 1 aliphatic rings. The average Bonchev–Trinajstić information content (AvgIpc) is 3.26. The van der Waals surface area contributed by atoms with Crippen molar-refractivity contribution in [2.45, 2.75) is 12.1 Å². The Balaban J connectivity index is 1.60. The number of aryl methyl sites for hydroxylation is 1. The first-order valence-electron chi connectivity index (χ1n) is 10.4. The molecule has 0 radical (unpaired) electrons. The van der Waals surface area contributed by atoms with Gasteiger partial charge in [0.05, 0.1) is 30.7 Å². The van der Waals surface area contributed by atoms with Crippen LogP contribution in [0.25, 0.3) is 5.69 Å². The molecule has 32 heavy (non-hydrogen) atoms. The molecule has 0 atom stereocenters. The van der Waals surface area contributed by atoms with Crippen LogP contribution in [0.3, 0.4) is 0 Å². The van der Waals surface area contributed by atoms with Crippen LogP contribution in [0.4, 0.5) is 11.6 Å². The highest BCUT2D eigenvalue weighted by atomic mass is 32.2. The maximum absolute atomic E-state index is 13.0. The molecule has 164 valence electrons. The first kappa shape index (κ1) is 21.9. The second-order valence-electron chi connectivity index (χ2n) is 7.32. The number of aromatic nitrogens is 3. The molecule has 8 nitrogen and oxygen atoms in total. The van der Waals surface area contributed by atoms with Gasteiger partial charge < -0.3 is 9.64 Å². The van der Waals surface area contributed by atoms with Crippen LogP contribution in [0.1, 0.15) is 5.56 Å². The maximum Gasteiger partial charge on any atom is 0.238 e. The summed E-state index contributed by atoms with van der Waals surface area (Å²) in [5.74, 6) is 0.726. The zero-order valence-corrected chi connectivity index (χ0v) is 18.7. The van der Waals surface area contributed by atoms with E-state index in [9.17, 15) is 10.1 Å². The second kappa shape index (κ2) is 10.3. The molecule has 0 aliphatic carbocycles. The van der Waals surface area contributed by atoms with Gasteiger partial charge in [0.15, 0.2) is 5.16 Å². The number of thioether (sulfide) groups is 1. The summed E-state index contributed by atoms with van der Waals surface area (Å²) in [6.07, 6.45) is 0. The molecule has 3 aromatic rings. The van der Waals surface area contributed by atoms with E-state index < -0.39 is 0 Å². The zero-order valence-electron chi connectivity index (χ0n) is 17.8. The quantitative estimate of drug-likeness (QED) is 0.405. The minimum absolute atomic E-state index is 0.00694. The Bertz CT molecular complexity index is 1110. The van der Waals surface area contributed by atoms with E-state index in [1.807, 2.05) is 60.0 Å². The lowest BCUT2D eigenvalue weighted by molar-refractivity contribution is -0.116. The van der Waals surface area contributed by atoms with Crippen molar-refractivity contribution in [2.24, 2.45) is 0 Å². The van der Waals surface area contributed by atoms with Gasteiger partial charge in [-0.3, -0.25) is 14.3 Å². The summed E-state index contributed by atoms with van der Waals surface area (Å²) in [6, 6.07) is 19.4. The van der Waals surface area contributed by atoms with Gasteiger partial charge in [0, 0.05) is 18.8 Å². The van der Waals surface area contributed by atoms with Crippen LogP contribution < -0.4 is 9.80 Å². The third kappa shape index (κ3) is 4.93. The van der Waals surface area contributed by atoms with Gasteiger partial charge >= 0.3 is 0 Å². The summed E-state index contributed by atoms with van der Waals surface area (Å²) in [5.41, 5.74) is 2.78. The Morgan fingerprint density at radius 2 is 1.94 bits per heavy atom. The Labute approximate surface area is 191 Å². The zero-order chi connectivity index (χ0) is 22.3. The molecule has 1 fully saturated rings. The molecule has 1 aromatic heterocycles. The van der Waals surface area contributed by atoms with E-state index >= 15 is 0 Å². The van der Waals surface area contributed by atoms with E-state index in [2.05, 4.69) is 27.2 Å². The van der Waals surface area contributed by atoms with Gasteiger partial charge in [-0.05, 0) is 36.8 Å². The minimum Gasteiger partial charge on any atom is -0.378 e. The number of hydrogen-bond acceptors (Lipinski definition) is 7. The summed E-state index contributed by atoms with van der Waals surface area (Å²) in [4.78, 5) is 16.6.